The molecule has 1 amide bonds. The third kappa shape index (κ3) is 3.43. The molecule has 1 rings (SSSR count). The fraction of sp³-hybridized carbons (Fsp3) is 0.556. The van der Waals surface area contributed by atoms with Crippen molar-refractivity contribution in [1.82, 2.24) is 9.88 Å². The van der Waals surface area contributed by atoms with Gasteiger partial charge in [-0.1, -0.05) is 0 Å². The zero-order valence-electron chi connectivity index (χ0n) is 8.43. The van der Waals surface area contributed by atoms with Crippen LogP contribution >= 0.6 is 11.3 Å². The number of nitrogens with two attached hydrogens (primary N) is 1. The SMILES string of the molecule is CC(N)CC(=O)N(C)Cc1nccs1. The molecule has 5 heteroatoms. The highest BCUT2D eigenvalue weighted by Crippen LogP contribution is 2.07. The van der Waals surface area contributed by atoms with Crippen LogP contribution in [-0.2, 0) is 11.3 Å². The number of amides is 1. The molecule has 0 aliphatic heterocycles. The summed E-state index contributed by atoms with van der Waals surface area (Å²) >= 11 is 1.55. The van der Waals surface area contributed by atoms with Gasteiger partial charge in [0.1, 0.15) is 5.01 Å². The Morgan fingerprint density at radius 1 is 1.79 bits per heavy atom. The fourth-order valence-electron chi connectivity index (χ4n) is 1.05. The predicted molar refractivity (Wildman–Crippen MR) is 56.9 cm³/mol. The van der Waals surface area contributed by atoms with Gasteiger partial charge in [0.2, 0.25) is 5.91 Å². The van der Waals surface area contributed by atoms with Crippen LogP contribution in [0.1, 0.15) is 18.4 Å². The number of aromatic nitrogens is 1. The smallest absolute Gasteiger partial charge is 0.224 e. The van der Waals surface area contributed by atoms with Gasteiger partial charge in [0.15, 0.2) is 0 Å². The van der Waals surface area contributed by atoms with E-state index in [4.69, 9.17) is 5.73 Å². The highest BCUT2D eigenvalue weighted by Gasteiger charge is 2.11. The van der Waals surface area contributed by atoms with Crippen molar-refractivity contribution in [2.75, 3.05) is 7.05 Å². The van der Waals surface area contributed by atoms with Crippen molar-refractivity contribution in [1.29, 1.82) is 0 Å². The molecule has 1 heterocycles. The number of carbonyl (C=O) groups is 1. The summed E-state index contributed by atoms with van der Waals surface area (Å²) in [5.41, 5.74) is 5.54. The minimum atomic E-state index is -0.0822. The standard InChI is InChI=1S/C9H15N3OS/c1-7(10)5-9(13)12(2)6-8-11-3-4-14-8/h3-4,7H,5-6,10H2,1-2H3. The van der Waals surface area contributed by atoms with Crippen LogP contribution in [0.5, 0.6) is 0 Å². The van der Waals surface area contributed by atoms with Crippen LogP contribution in [-0.4, -0.2) is 28.9 Å². The van der Waals surface area contributed by atoms with Crippen LogP contribution < -0.4 is 5.73 Å². The monoisotopic (exact) mass is 213 g/mol. The molecule has 1 aromatic rings. The predicted octanol–water partition coefficient (Wildman–Crippen LogP) is 0.839. The molecule has 0 saturated heterocycles. The summed E-state index contributed by atoms with van der Waals surface area (Å²) in [4.78, 5) is 17.3. The van der Waals surface area contributed by atoms with E-state index in [0.29, 0.717) is 13.0 Å². The van der Waals surface area contributed by atoms with Crippen molar-refractivity contribution >= 4 is 17.2 Å². The Hall–Kier alpha value is -0.940. The second kappa shape index (κ2) is 5.07. The number of nitrogens with zero attached hydrogens (tertiary/aromatic N) is 2. The normalized spacial score (nSPS) is 12.5. The van der Waals surface area contributed by atoms with Gasteiger partial charge in [-0.3, -0.25) is 4.79 Å². The molecule has 0 aliphatic carbocycles. The number of carbonyl (C=O) groups excluding carboxylic acids is 1. The van der Waals surface area contributed by atoms with E-state index in [2.05, 4.69) is 4.98 Å². The van der Waals surface area contributed by atoms with E-state index in [1.807, 2.05) is 12.3 Å². The molecule has 0 fully saturated rings. The first-order chi connectivity index (χ1) is 6.59. The molecule has 4 nitrogen and oxygen atoms in total. The van der Waals surface area contributed by atoms with Gasteiger partial charge >= 0.3 is 0 Å². The first kappa shape index (κ1) is 11.1. The van der Waals surface area contributed by atoms with Crippen molar-refractivity contribution < 1.29 is 4.79 Å². The van der Waals surface area contributed by atoms with Crippen molar-refractivity contribution in [2.45, 2.75) is 25.9 Å². The Morgan fingerprint density at radius 3 is 3.00 bits per heavy atom. The molecule has 0 spiro atoms. The zero-order valence-corrected chi connectivity index (χ0v) is 9.25. The molecule has 1 atom stereocenters. The van der Waals surface area contributed by atoms with Crippen molar-refractivity contribution in [3.63, 3.8) is 0 Å². The van der Waals surface area contributed by atoms with Crippen LogP contribution in [0, 0.1) is 0 Å². The third-order valence-electron chi connectivity index (χ3n) is 1.78. The first-order valence-electron chi connectivity index (χ1n) is 4.47. The molecule has 14 heavy (non-hydrogen) atoms. The second-order valence-electron chi connectivity index (χ2n) is 3.36. The van der Waals surface area contributed by atoms with Crippen molar-refractivity contribution in [3.8, 4) is 0 Å². The van der Waals surface area contributed by atoms with E-state index in [9.17, 15) is 4.79 Å². The lowest BCUT2D eigenvalue weighted by Gasteiger charge is -2.16. The zero-order chi connectivity index (χ0) is 10.6. The van der Waals surface area contributed by atoms with E-state index in [1.165, 1.54) is 0 Å². The Kier molecular flexibility index (Phi) is 4.03. The van der Waals surface area contributed by atoms with E-state index in [0.717, 1.165) is 5.01 Å². The summed E-state index contributed by atoms with van der Waals surface area (Å²) in [5.74, 6) is 0.0650. The first-order valence-corrected chi connectivity index (χ1v) is 5.35. The molecule has 0 bridgehead atoms. The molecule has 1 unspecified atom stereocenters. The lowest BCUT2D eigenvalue weighted by atomic mass is 10.2. The minimum absolute atomic E-state index is 0.0650. The highest BCUT2D eigenvalue weighted by atomic mass is 32.1. The molecule has 1 aromatic heterocycles. The molecule has 0 radical (unpaired) electrons. The average molecular weight is 213 g/mol. The minimum Gasteiger partial charge on any atom is -0.339 e. The van der Waals surface area contributed by atoms with Crippen LogP contribution in [0.15, 0.2) is 11.6 Å². The Labute approximate surface area is 87.7 Å². The van der Waals surface area contributed by atoms with E-state index in [-0.39, 0.29) is 11.9 Å². The fourth-order valence-corrected chi connectivity index (χ4v) is 1.72. The third-order valence-corrected chi connectivity index (χ3v) is 2.54. The van der Waals surface area contributed by atoms with Gasteiger partial charge in [-0.15, -0.1) is 11.3 Å². The number of rotatable bonds is 4. The van der Waals surface area contributed by atoms with Crippen molar-refractivity contribution in [3.05, 3.63) is 16.6 Å². The number of thiazole rings is 1. The molecular weight excluding hydrogens is 198 g/mol. The highest BCUT2D eigenvalue weighted by molar-refractivity contribution is 7.09. The van der Waals surface area contributed by atoms with Crippen LogP contribution in [0.3, 0.4) is 0 Å². The van der Waals surface area contributed by atoms with Crippen LogP contribution in [0.25, 0.3) is 0 Å². The van der Waals surface area contributed by atoms with Crippen LogP contribution in [0.2, 0.25) is 0 Å². The maximum absolute atomic E-state index is 11.5. The summed E-state index contributed by atoms with van der Waals surface area (Å²) in [6.07, 6.45) is 2.13. The summed E-state index contributed by atoms with van der Waals surface area (Å²) in [6, 6.07) is -0.0822. The maximum atomic E-state index is 11.5. The van der Waals surface area contributed by atoms with E-state index >= 15 is 0 Å². The molecule has 0 aromatic carbocycles. The van der Waals surface area contributed by atoms with Gasteiger partial charge in [0, 0.05) is 31.1 Å². The summed E-state index contributed by atoms with van der Waals surface area (Å²) in [5, 5.41) is 2.85. The topological polar surface area (TPSA) is 59.2 Å². The van der Waals surface area contributed by atoms with Crippen LogP contribution in [0.4, 0.5) is 0 Å². The van der Waals surface area contributed by atoms with Gasteiger partial charge in [-0.25, -0.2) is 4.98 Å². The largest absolute Gasteiger partial charge is 0.339 e. The molecular formula is C9H15N3OS. The summed E-state index contributed by atoms with van der Waals surface area (Å²) in [6.45, 7) is 2.40. The van der Waals surface area contributed by atoms with Gasteiger partial charge in [-0.2, -0.15) is 0 Å². The Morgan fingerprint density at radius 2 is 2.50 bits per heavy atom. The lowest BCUT2D eigenvalue weighted by Crippen LogP contribution is -2.31. The lowest BCUT2D eigenvalue weighted by molar-refractivity contribution is -0.130. The van der Waals surface area contributed by atoms with Gasteiger partial charge in [0.05, 0.1) is 6.54 Å². The molecule has 0 saturated carbocycles. The van der Waals surface area contributed by atoms with Gasteiger partial charge < -0.3 is 10.6 Å². The molecule has 2 N–H and O–H groups in total. The average Bonchev–Trinajstić information content (AvgIpc) is 2.55. The second-order valence-corrected chi connectivity index (χ2v) is 4.34. The summed E-state index contributed by atoms with van der Waals surface area (Å²) in [7, 11) is 1.77. The maximum Gasteiger partial charge on any atom is 0.224 e. The van der Waals surface area contributed by atoms with E-state index < -0.39 is 0 Å². The number of hydrogen-bond acceptors (Lipinski definition) is 4. The van der Waals surface area contributed by atoms with E-state index in [1.54, 1.807) is 29.5 Å². The summed E-state index contributed by atoms with van der Waals surface area (Å²) < 4.78 is 0. The van der Waals surface area contributed by atoms with Gasteiger partial charge in [0.25, 0.3) is 0 Å². The molecule has 78 valence electrons. The van der Waals surface area contributed by atoms with Gasteiger partial charge in [-0.05, 0) is 6.92 Å². The molecule has 0 aliphatic rings. The Bertz CT molecular complexity index is 284. The quantitative estimate of drug-likeness (QED) is 0.806. The Balaban J connectivity index is 2.42. The van der Waals surface area contributed by atoms with Crippen molar-refractivity contribution in [2.24, 2.45) is 5.73 Å². The number of hydrogen-bond donors (Lipinski definition) is 1.